The SMILES string of the molecule is CCOc1ccnc(Nc2ccccc2NC=O)c1C. The maximum Gasteiger partial charge on any atom is 0.211 e. The molecule has 0 bridgehead atoms. The van der Waals surface area contributed by atoms with Crippen LogP contribution in [0.1, 0.15) is 12.5 Å². The van der Waals surface area contributed by atoms with E-state index in [2.05, 4.69) is 15.6 Å². The van der Waals surface area contributed by atoms with Gasteiger partial charge in [-0.25, -0.2) is 4.98 Å². The zero-order valence-electron chi connectivity index (χ0n) is 11.5. The van der Waals surface area contributed by atoms with E-state index in [0.717, 1.165) is 17.0 Å². The van der Waals surface area contributed by atoms with Crippen LogP contribution >= 0.6 is 0 Å². The van der Waals surface area contributed by atoms with Gasteiger partial charge in [-0.1, -0.05) is 12.1 Å². The predicted octanol–water partition coefficient (Wildman–Crippen LogP) is 3.10. The number of ether oxygens (including phenoxy) is 1. The van der Waals surface area contributed by atoms with Crippen LogP contribution in [-0.4, -0.2) is 18.0 Å². The van der Waals surface area contributed by atoms with Crippen molar-refractivity contribution in [2.45, 2.75) is 13.8 Å². The molecule has 0 aliphatic heterocycles. The van der Waals surface area contributed by atoms with Crippen molar-refractivity contribution in [3.05, 3.63) is 42.1 Å². The fraction of sp³-hybridized carbons (Fsp3) is 0.200. The minimum absolute atomic E-state index is 0.605. The number of hydrogen-bond acceptors (Lipinski definition) is 4. The summed E-state index contributed by atoms with van der Waals surface area (Å²) < 4.78 is 5.54. The Morgan fingerprint density at radius 2 is 2.00 bits per heavy atom. The number of rotatable bonds is 6. The van der Waals surface area contributed by atoms with Crippen LogP contribution in [0, 0.1) is 6.92 Å². The molecule has 0 fully saturated rings. The minimum atomic E-state index is 0.605. The first-order chi connectivity index (χ1) is 9.76. The highest BCUT2D eigenvalue weighted by atomic mass is 16.5. The van der Waals surface area contributed by atoms with Crippen molar-refractivity contribution in [3.8, 4) is 5.75 Å². The third-order valence-electron chi connectivity index (χ3n) is 2.85. The summed E-state index contributed by atoms with van der Waals surface area (Å²) in [6, 6.07) is 9.27. The monoisotopic (exact) mass is 271 g/mol. The number of benzene rings is 1. The molecule has 5 heteroatoms. The van der Waals surface area contributed by atoms with Crippen molar-refractivity contribution in [1.82, 2.24) is 4.98 Å². The molecular weight excluding hydrogens is 254 g/mol. The van der Waals surface area contributed by atoms with Crippen molar-refractivity contribution in [3.63, 3.8) is 0 Å². The molecule has 0 aliphatic carbocycles. The second-order valence-electron chi connectivity index (χ2n) is 4.15. The number of carbonyl (C=O) groups excluding carboxylic acids is 1. The van der Waals surface area contributed by atoms with E-state index in [0.29, 0.717) is 24.5 Å². The fourth-order valence-corrected chi connectivity index (χ4v) is 1.86. The third-order valence-corrected chi connectivity index (χ3v) is 2.85. The highest BCUT2D eigenvalue weighted by molar-refractivity contribution is 5.83. The number of aromatic nitrogens is 1. The number of hydrogen-bond donors (Lipinski definition) is 2. The molecule has 2 rings (SSSR count). The number of amides is 1. The summed E-state index contributed by atoms with van der Waals surface area (Å²) in [4.78, 5) is 14.9. The molecule has 2 N–H and O–H groups in total. The van der Waals surface area contributed by atoms with Gasteiger partial charge in [-0.3, -0.25) is 4.79 Å². The van der Waals surface area contributed by atoms with E-state index in [1.54, 1.807) is 6.20 Å². The first-order valence-electron chi connectivity index (χ1n) is 6.41. The maximum atomic E-state index is 10.6. The van der Waals surface area contributed by atoms with Crippen molar-refractivity contribution >= 4 is 23.6 Å². The van der Waals surface area contributed by atoms with Gasteiger partial charge in [0.1, 0.15) is 11.6 Å². The van der Waals surface area contributed by atoms with E-state index in [1.165, 1.54) is 0 Å². The molecule has 2 aromatic rings. The van der Waals surface area contributed by atoms with Gasteiger partial charge in [0.15, 0.2) is 0 Å². The average molecular weight is 271 g/mol. The van der Waals surface area contributed by atoms with Crippen molar-refractivity contribution < 1.29 is 9.53 Å². The van der Waals surface area contributed by atoms with Gasteiger partial charge in [-0.2, -0.15) is 0 Å². The molecule has 0 radical (unpaired) electrons. The molecular formula is C15H17N3O2. The van der Waals surface area contributed by atoms with E-state index in [9.17, 15) is 4.79 Å². The normalized spacial score (nSPS) is 9.90. The van der Waals surface area contributed by atoms with Gasteiger partial charge in [0.05, 0.1) is 18.0 Å². The maximum absolute atomic E-state index is 10.6. The highest BCUT2D eigenvalue weighted by Crippen LogP contribution is 2.29. The first kappa shape index (κ1) is 13.9. The van der Waals surface area contributed by atoms with Gasteiger partial charge >= 0.3 is 0 Å². The van der Waals surface area contributed by atoms with E-state index in [-0.39, 0.29) is 0 Å². The Balaban J connectivity index is 2.30. The Bertz CT molecular complexity index is 599. The van der Waals surface area contributed by atoms with E-state index in [4.69, 9.17) is 4.74 Å². The zero-order chi connectivity index (χ0) is 14.4. The summed E-state index contributed by atoms with van der Waals surface area (Å²) in [5, 5.41) is 5.87. The van der Waals surface area contributed by atoms with Crippen molar-refractivity contribution in [1.29, 1.82) is 0 Å². The number of anilines is 3. The van der Waals surface area contributed by atoms with E-state index >= 15 is 0 Å². The Morgan fingerprint density at radius 3 is 2.70 bits per heavy atom. The summed E-state index contributed by atoms with van der Waals surface area (Å²) >= 11 is 0. The largest absolute Gasteiger partial charge is 0.493 e. The van der Waals surface area contributed by atoms with Crippen molar-refractivity contribution in [2.24, 2.45) is 0 Å². The second kappa shape index (κ2) is 6.56. The summed E-state index contributed by atoms with van der Waals surface area (Å²) in [7, 11) is 0. The Hall–Kier alpha value is -2.56. The molecule has 0 aliphatic rings. The van der Waals surface area contributed by atoms with Gasteiger partial charge in [0, 0.05) is 11.8 Å². The Kier molecular flexibility index (Phi) is 4.55. The summed E-state index contributed by atoms with van der Waals surface area (Å²) in [5.74, 6) is 1.50. The van der Waals surface area contributed by atoms with Gasteiger partial charge in [0.2, 0.25) is 6.41 Å². The van der Waals surface area contributed by atoms with Gasteiger partial charge in [0.25, 0.3) is 0 Å². The molecule has 1 aromatic heterocycles. The lowest BCUT2D eigenvalue weighted by Gasteiger charge is -2.14. The van der Waals surface area contributed by atoms with E-state index in [1.807, 2.05) is 44.2 Å². The second-order valence-corrected chi connectivity index (χ2v) is 4.15. The van der Waals surface area contributed by atoms with E-state index < -0.39 is 0 Å². The standard InChI is InChI=1S/C15H17N3O2/c1-3-20-14-8-9-16-15(11(14)2)18-13-7-5-4-6-12(13)17-10-19/h4-10H,3H2,1-2H3,(H,16,18)(H,17,19). The molecule has 5 nitrogen and oxygen atoms in total. The van der Waals surface area contributed by atoms with Crippen LogP contribution in [0.4, 0.5) is 17.2 Å². The highest BCUT2D eigenvalue weighted by Gasteiger charge is 2.08. The minimum Gasteiger partial charge on any atom is -0.493 e. The van der Waals surface area contributed by atoms with Crippen LogP contribution < -0.4 is 15.4 Å². The topological polar surface area (TPSA) is 63.2 Å². The van der Waals surface area contributed by atoms with Gasteiger partial charge in [-0.05, 0) is 32.0 Å². The molecule has 0 unspecified atom stereocenters. The predicted molar refractivity (Wildman–Crippen MR) is 79.6 cm³/mol. The van der Waals surface area contributed by atoms with Crippen LogP contribution in [-0.2, 0) is 4.79 Å². The lowest BCUT2D eigenvalue weighted by Crippen LogP contribution is -2.03. The number of nitrogens with zero attached hydrogens (tertiary/aromatic N) is 1. The van der Waals surface area contributed by atoms with Crippen LogP contribution in [0.2, 0.25) is 0 Å². The molecule has 1 amide bonds. The molecule has 1 heterocycles. The molecule has 0 saturated heterocycles. The van der Waals surface area contributed by atoms with Gasteiger partial charge < -0.3 is 15.4 Å². The summed E-state index contributed by atoms with van der Waals surface area (Å²) in [6.45, 7) is 4.49. The molecule has 0 saturated carbocycles. The van der Waals surface area contributed by atoms with Gasteiger partial charge in [-0.15, -0.1) is 0 Å². The average Bonchev–Trinajstić information content (AvgIpc) is 2.46. The summed E-state index contributed by atoms with van der Waals surface area (Å²) in [5.41, 5.74) is 2.41. The quantitative estimate of drug-likeness (QED) is 0.792. The fourth-order valence-electron chi connectivity index (χ4n) is 1.86. The number of para-hydroxylation sites is 2. The first-order valence-corrected chi connectivity index (χ1v) is 6.41. The summed E-state index contributed by atoms with van der Waals surface area (Å²) in [6.07, 6.45) is 2.34. The molecule has 1 aromatic carbocycles. The smallest absolute Gasteiger partial charge is 0.211 e. The van der Waals surface area contributed by atoms with Crippen LogP contribution in [0.3, 0.4) is 0 Å². The third kappa shape index (κ3) is 3.06. The molecule has 0 spiro atoms. The molecule has 0 atom stereocenters. The van der Waals surface area contributed by atoms with Crippen LogP contribution in [0.25, 0.3) is 0 Å². The number of nitrogens with one attached hydrogen (secondary N) is 2. The molecule has 20 heavy (non-hydrogen) atoms. The van der Waals surface area contributed by atoms with Crippen LogP contribution in [0.15, 0.2) is 36.5 Å². The lowest BCUT2D eigenvalue weighted by atomic mass is 10.2. The number of pyridine rings is 1. The van der Waals surface area contributed by atoms with Crippen molar-refractivity contribution in [2.75, 3.05) is 17.2 Å². The number of carbonyl (C=O) groups is 1. The zero-order valence-corrected chi connectivity index (χ0v) is 11.5. The van der Waals surface area contributed by atoms with Crippen LogP contribution in [0.5, 0.6) is 5.75 Å². The lowest BCUT2D eigenvalue weighted by molar-refractivity contribution is -0.105. The molecule has 104 valence electrons. The Labute approximate surface area is 118 Å². The Morgan fingerprint density at radius 1 is 1.25 bits per heavy atom.